The summed E-state index contributed by atoms with van der Waals surface area (Å²) in [5.74, 6) is 1.05. The molecule has 3 heterocycles. The molecular weight excluding hydrogens is 364 g/mol. The molecule has 29 heavy (non-hydrogen) atoms. The maximum atomic E-state index is 10.8. The van der Waals surface area contributed by atoms with Crippen molar-refractivity contribution < 1.29 is 9.84 Å². The number of likely N-dealkylation sites (tertiary alicyclic amines) is 1. The van der Waals surface area contributed by atoms with Gasteiger partial charge in [-0.2, -0.15) is 0 Å². The van der Waals surface area contributed by atoms with Crippen LogP contribution in [0.3, 0.4) is 0 Å². The van der Waals surface area contributed by atoms with Gasteiger partial charge in [-0.1, -0.05) is 30.3 Å². The Labute approximate surface area is 170 Å². The molecule has 150 valence electrons. The standard InChI is InChI=1S/C23H26N4O2/c1-15-11-21(24-17-6-4-10-27(12-17)18-13-29-14-18)25-26-22(15)20-9-8-16-5-2-3-7-19(16)23(20)28/h2-3,5,7-9,11,17-18,28H,4,6,10,12-14H2,1H3,(H,24,25). The van der Waals surface area contributed by atoms with Crippen LogP contribution < -0.4 is 5.32 Å². The van der Waals surface area contributed by atoms with E-state index in [2.05, 4.69) is 20.4 Å². The molecule has 5 rings (SSSR count). The van der Waals surface area contributed by atoms with Gasteiger partial charge in [-0.05, 0) is 49.4 Å². The highest BCUT2D eigenvalue weighted by Crippen LogP contribution is 2.36. The van der Waals surface area contributed by atoms with Crippen molar-refractivity contribution in [1.29, 1.82) is 0 Å². The highest BCUT2D eigenvalue weighted by molar-refractivity contribution is 5.94. The van der Waals surface area contributed by atoms with Crippen molar-refractivity contribution in [2.75, 3.05) is 31.6 Å². The summed E-state index contributed by atoms with van der Waals surface area (Å²) in [5, 5.41) is 25.0. The molecule has 2 fully saturated rings. The van der Waals surface area contributed by atoms with Gasteiger partial charge >= 0.3 is 0 Å². The second-order valence-electron chi connectivity index (χ2n) is 8.11. The first-order chi connectivity index (χ1) is 14.2. The molecule has 2 saturated heterocycles. The molecule has 6 nitrogen and oxygen atoms in total. The van der Waals surface area contributed by atoms with E-state index in [0.717, 1.165) is 60.6 Å². The van der Waals surface area contributed by atoms with E-state index in [4.69, 9.17) is 4.74 Å². The Morgan fingerprint density at radius 1 is 1.14 bits per heavy atom. The molecular formula is C23H26N4O2. The SMILES string of the molecule is Cc1cc(NC2CCCN(C3COC3)C2)nnc1-c1ccc2ccccc2c1O. The van der Waals surface area contributed by atoms with E-state index in [9.17, 15) is 5.11 Å². The molecule has 0 amide bonds. The van der Waals surface area contributed by atoms with Crippen LogP contribution in [0.2, 0.25) is 0 Å². The van der Waals surface area contributed by atoms with Gasteiger partial charge in [0.25, 0.3) is 0 Å². The summed E-state index contributed by atoms with van der Waals surface area (Å²) in [6.45, 7) is 5.90. The zero-order valence-corrected chi connectivity index (χ0v) is 16.6. The fourth-order valence-corrected chi connectivity index (χ4v) is 4.37. The van der Waals surface area contributed by atoms with Crippen molar-refractivity contribution in [3.05, 3.63) is 48.0 Å². The number of phenolic OH excluding ortho intramolecular Hbond substituents is 1. The van der Waals surface area contributed by atoms with Crippen LogP contribution in [0.15, 0.2) is 42.5 Å². The average molecular weight is 390 g/mol. The van der Waals surface area contributed by atoms with E-state index in [1.54, 1.807) is 0 Å². The summed E-state index contributed by atoms with van der Waals surface area (Å²) in [6.07, 6.45) is 2.32. The second kappa shape index (κ2) is 7.61. The first kappa shape index (κ1) is 18.3. The Morgan fingerprint density at radius 3 is 2.79 bits per heavy atom. The number of ether oxygens (including phenoxy) is 1. The van der Waals surface area contributed by atoms with E-state index in [1.807, 2.05) is 49.4 Å². The van der Waals surface area contributed by atoms with Gasteiger partial charge in [0.15, 0.2) is 0 Å². The van der Waals surface area contributed by atoms with Crippen LogP contribution in [-0.2, 0) is 4.74 Å². The van der Waals surface area contributed by atoms with Crippen LogP contribution >= 0.6 is 0 Å². The maximum absolute atomic E-state index is 10.8. The van der Waals surface area contributed by atoms with Gasteiger partial charge < -0.3 is 15.2 Å². The zero-order valence-electron chi connectivity index (χ0n) is 16.6. The third-order valence-corrected chi connectivity index (χ3v) is 6.08. The number of nitrogens with one attached hydrogen (secondary N) is 1. The first-order valence-corrected chi connectivity index (χ1v) is 10.3. The van der Waals surface area contributed by atoms with Gasteiger partial charge in [0.05, 0.1) is 24.9 Å². The Balaban J connectivity index is 1.36. The summed E-state index contributed by atoms with van der Waals surface area (Å²) in [6, 6.07) is 14.7. The lowest BCUT2D eigenvalue weighted by atomic mass is 10.0. The fraction of sp³-hybridized carbons (Fsp3) is 0.391. The number of benzene rings is 2. The highest BCUT2D eigenvalue weighted by Gasteiger charge is 2.30. The number of aromatic nitrogens is 2. The normalized spacial score (nSPS) is 20.5. The third-order valence-electron chi connectivity index (χ3n) is 6.08. The van der Waals surface area contributed by atoms with Gasteiger partial charge in [-0.25, -0.2) is 0 Å². The number of nitrogens with zero attached hydrogens (tertiary/aromatic N) is 3. The molecule has 0 saturated carbocycles. The van der Waals surface area contributed by atoms with Crippen LogP contribution in [0, 0.1) is 6.92 Å². The topological polar surface area (TPSA) is 70.5 Å². The minimum atomic E-state index is 0.256. The van der Waals surface area contributed by atoms with Crippen molar-refractivity contribution in [1.82, 2.24) is 15.1 Å². The Bertz CT molecular complexity index is 1030. The molecule has 6 heteroatoms. The number of fused-ring (bicyclic) bond motifs is 1. The number of aryl methyl sites for hydroxylation is 1. The lowest BCUT2D eigenvalue weighted by Crippen LogP contribution is -2.54. The molecule has 0 spiro atoms. The lowest BCUT2D eigenvalue weighted by molar-refractivity contribution is -0.0710. The van der Waals surface area contributed by atoms with Crippen molar-refractivity contribution >= 4 is 16.6 Å². The minimum Gasteiger partial charge on any atom is -0.507 e. The number of piperidine rings is 1. The van der Waals surface area contributed by atoms with Gasteiger partial charge in [0.2, 0.25) is 0 Å². The quantitative estimate of drug-likeness (QED) is 0.710. The Hall–Kier alpha value is -2.70. The number of phenols is 1. The van der Waals surface area contributed by atoms with Crippen molar-refractivity contribution in [2.45, 2.75) is 31.8 Å². The fourth-order valence-electron chi connectivity index (χ4n) is 4.37. The molecule has 0 aliphatic carbocycles. The average Bonchev–Trinajstić information content (AvgIpc) is 2.68. The first-order valence-electron chi connectivity index (χ1n) is 10.3. The highest BCUT2D eigenvalue weighted by atomic mass is 16.5. The largest absolute Gasteiger partial charge is 0.507 e. The van der Waals surface area contributed by atoms with Gasteiger partial charge in [-0.15, -0.1) is 10.2 Å². The van der Waals surface area contributed by atoms with E-state index in [1.165, 1.54) is 6.42 Å². The zero-order chi connectivity index (χ0) is 19.8. The lowest BCUT2D eigenvalue weighted by Gasteiger charge is -2.42. The molecule has 2 aliphatic heterocycles. The Kier molecular flexibility index (Phi) is 4.81. The van der Waals surface area contributed by atoms with E-state index in [-0.39, 0.29) is 5.75 Å². The minimum absolute atomic E-state index is 0.256. The molecule has 0 bridgehead atoms. The van der Waals surface area contributed by atoms with Crippen LogP contribution in [0.4, 0.5) is 5.82 Å². The van der Waals surface area contributed by atoms with Crippen LogP contribution in [0.1, 0.15) is 18.4 Å². The molecule has 1 unspecified atom stereocenters. The summed E-state index contributed by atoms with van der Waals surface area (Å²) >= 11 is 0. The second-order valence-corrected chi connectivity index (χ2v) is 8.11. The number of rotatable bonds is 4. The summed E-state index contributed by atoms with van der Waals surface area (Å²) < 4.78 is 5.34. The number of aromatic hydroxyl groups is 1. The van der Waals surface area contributed by atoms with Crippen molar-refractivity contribution in [3.63, 3.8) is 0 Å². The molecule has 3 aromatic rings. The Morgan fingerprint density at radius 2 is 2.00 bits per heavy atom. The summed E-state index contributed by atoms with van der Waals surface area (Å²) in [4.78, 5) is 2.52. The summed E-state index contributed by atoms with van der Waals surface area (Å²) in [5.41, 5.74) is 2.43. The van der Waals surface area contributed by atoms with Crippen LogP contribution in [0.25, 0.3) is 22.0 Å². The van der Waals surface area contributed by atoms with Crippen LogP contribution in [0.5, 0.6) is 5.75 Å². The number of hydrogen-bond acceptors (Lipinski definition) is 6. The van der Waals surface area contributed by atoms with E-state index in [0.29, 0.717) is 17.6 Å². The molecule has 1 atom stereocenters. The van der Waals surface area contributed by atoms with E-state index >= 15 is 0 Å². The van der Waals surface area contributed by atoms with Gasteiger partial charge in [0, 0.05) is 23.5 Å². The predicted octanol–water partition coefficient (Wildman–Crippen LogP) is 3.59. The smallest absolute Gasteiger partial charge is 0.149 e. The van der Waals surface area contributed by atoms with Gasteiger partial charge in [-0.3, -0.25) is 4.90 Å². The van der Waals surface area contributed by atoms with E-state index < -0.39 is 0 Å². The molecule has 2 aromatic carbocycles. The number of anilines is 1. The number of hydrogen-bond donors (Lipinski definition) is 2. The van der Waals surface area contributed by atoms with Gasteiger partial charge in [0.1, 0.15) is 11.6 Å². The molecule has 2 N–H and O–H groups in total. The van der Waals surface area contributed by atoms with Crippen molar-refractivity contribution in [2.24, 2.45) is 0 Å². The monoisotopic (exact) mass is 390 g/mol. The van der Waals surface area contributed by atoms with Crippen LogP contribution in [-0.4, -0.2) is 58.6 Å². The van der Waals surface area contributed by atoms with Crippen molar-refractivity contribution in [3.8, 4) is 17.0 Å². The third kappa shape index (κ3) is 3.54. The molecule has 0 radical (unpaired) electrons. The molecule has 2 aliphatic rings. The predicted molar refractivity (Wildman–Crippen MR) is 114 cm³/mol. The maximum Gasteiger partial charge on any atom is 0.149 e. The summed E-state index contributed by atoms with van der Waals surface area (Å²) in [7, 11) is 0. The molecule has 1 aromatic heterocycles.